The molecule has 0 amide bonds. The monoisotopic (exact) mass is 654 g/mol. The molecule has 10 heteroatoms. The van der Waals surface area contributed by atoms with Gasteiger partial charge in [-0.25, -0.2) is 0 Å². The standard InChI is InChI=1S/C37H62N6O4/c1-21(2)27-33(8)16-17-34(9)22-12-13-25-32(6,7)28(46-20-36(11,39)31(3,4)5)24(43-41-30(38)40-42-43)18-37(25,19-44)23(22)14-15-35(34,10)26(33)29(45)47-27/h14,21-22,24-28,44H,12-13,15-20,39H2,1-11H3,(H2,38,41)/t22-,24+,25-,26+,27+,28-,33-,34+,35-,36-,37-/m0/s1. The van der Waals surface area contributed by atoms with Crippen molar-refractivity contribution in [3.8, 4) is 0 Å². The average molecular weight is 655 g/mol. The Morgan fingerprint density at radius 1 is 1.11 bits per heavy atom. The fourth-order valence-corrected chi connectivity index (χ4v) is 11.8. The molecule has 264 valence electrons. The fraction of sp³-hybridized carbons (Fsp3) is 0.892. The molecule has 4 fully saturated rings. The molecule has 0 spiro atoms. The number of hydrogen-bond donors (Lipinski definition) is 3. The van der Waals surface area contributed by atoms with Gasteiger partial charge in [0.15, 0.2) is 0 Å². The first-order chi connectivity index (χ1) is 21.6. The number of nitrogens with zero attached hydrogens (tertiary/aromatic N) is 4. The van der Waals surface area contributed by atoms with Crippen molar-refractivity contribution in [3.05, 3.63) is 11.6 Å². The minimum Gasteiger partial charge on any atom is -0.461 e. The third-order valence-corrected chi connectivity index (χ3v) is 15.2. The van der Waals surface area contributed by atoms with E-state index in [1.54, 1.807) is 4.80 Å². The van der Waals surface area contributed by atoms with Crippen molar-refractivity contribution in [2.24, 2.45) is 61.9 Å². The van der Waals surface area contributed by atoms with E-state index in [9.17, 15) is 9.90 Å². The minimum absolute atomic E-state index is 0.0158. The Hall–Kier alpha value is -2.04. The van der Waals surface area contributed by atoms with Crippen LogP contribution in [0.1, 0.15) is 121 Å². The lowest BCUT2D eigenvalue weighted by molar-refractivity contribution is -0.198. The van der Waals surface area contributed by atoms with Gasteiger partial charge in [-0.1, -0.05) is 86.0 Å². The van der Waals surface area contributed by atoms with Gasteiger partial charge in [-0.15, -0.1) is 5.10 Å². The van der Waals surface area contributed by atoms with Crippen molar-refractivity contribution >= 4 is 11.9 Å². The van der Waals surface area contributed by atoms with Crippen LogP contribution < -0.4 is 11.5 Å². The van der Waals surface area contributed by atoms with E-state index in [0.717, 1.165) is 32.1 Å². The van der Waals surface area contributed by atoms with E-state index in [-0.39, 0.29) is 87.5 Å². The molecule has 3 saturated carbocycles. The smallest absolute Gasteiger partial charge is 0.310 e. The van der Waals surface area contributed by atoms with Crippen LogP contribution in [0.4, 0.5) is 5.95 Å². The zero-order chi connectivity index (χ0) is 34.8. The van der Waals surface area contributed by atoms with Gasteiger partial charge in [0.2, 0.25) is 0 Å². The van der Waals surface area contributed by atoms with E-state index in [2.05, 4.69) is 97.6 Å². The normalized spacial score (nSPS) is 44.0. The summed E-state index contributed by atoms with van der Waals surface area (Å²) in [4.78, 5) is 15.4. The Balaban J connectivity index is 1.43. The largest absolute Gasteiger partial charge is 0.461 e. The lowest BCUT2D eigenvalue weighted by atomic mass is 9.35. The van der Waals surface area contributed by atoms with Gasteiger partial charge in [-0.2, -0.15) is 4.80 Å². The number of nitrogens with two attached hydrogens (primary N) is 2. The molecule has 4 aliphatic carbocycles. The van der Waals surface area contributed by atoms with Crippen molar-refractivity contribution in [1.29, 1.82) is 0 Å². The van der Waals surface area contributed by atoms with Gasteiger partial charge in [0, 0.05) is 16.4 Å². The maximum absolute atomic E-state index is 13.8. The van der Waals surface area contributed by atoms with Crippen LogP contribution in [0.2, 0.25) is 0 Å². The second kappa shape index (κ2) is 10.7. The molecule has 10 nitrogen and oxygen atoms in total. The summed E-state index contributed by atoms with van der Waals surface area (Å²) in [6.45, 7) is 24.9. The number of esters is 1. The van der Waals surface area contributed by atoms with Gasteiger partial charge >= 0.3 is 5.97 Å². The summed E-state index contributed by atoms with van der Waals surface area (Å²) in [6, 6.07) is -0.305. The average Bonchev–Trinajstić information content (AvgIpc) is 3.52. The number of carbonyl (C=O) groups is 1. The van der Waals surface area contributed by atoms with Crippen molar-refractivity contribution in [3.63, 3.8) is 0 Å². The van der Waals surface area contributed by atoms with E-state index in [1.807, 2.05) is 0 Å². The maximum Gasteiger partial charge on any atom is 0.310 e. The Labute approximate surface area is 282 Å². The number of anilines is 1. The molecular weight excluding hydrogens is 592 g/mol. The molecule has 1 aliphatic heterocycles. The van der Waals surface area contributed by atoms with Gasteiger partial charge in [0.05, 0.1) is 25.2 Å². The lowest BCUT2D eigenvalue weighted by Crippen LogP contribution is -2.66. The summed E-state index contributed by atoms with van der Waals surface area (Å²) in [6.07, 6.45) is 7.49. The Morgan fingerprint density at radius 3 is 2.36 bits per heavy atom. The highest BCUT2D eigenvalue weighted by molar-refractivity contribution is 5.78. The van der Waals surface area contributed by atoms with Gasteiger partial charge < -0.3 is 26.0 Å². The van der Waals surface area contributed by atoms with Crippen molar-refractivity contribution in [1.82, 2.24) is 20.2 Å². The summed E-state index contributed by atoms with van der Waals surface area (Å²) in [5.74, 6) is 0.642. The number of aliphatic hydroxyl groups excluding tert-OH is 1. The molecular formula is C37H62N6O4. The summed E-state index contributed by atoms with van der Waals surface area (Å²) < 4.78 is 13.1. The molecule has 1 aromatic heterocycles. The molecule has 1 saturated heterocycles. The van der Waals surface area contributed by atoms with Gasteiger partial charge in [-0.3, -0.25) is 4.79 Å². The Bertz CT molecular complexity index is 1430. The number of allylic oxidation sites excluding steroid dienone is 1. The van der Waals surface area contributed by atoms with E-state index >= 15 is 0 Å². The Morgan fingerprint density at radius 2 is 1.79 bits per heavy atom. The molecule has 1 aromatic rings. The number of aromatic nitrogens is 4. The predicted octanol–water partition coefficient (Wildman–Crippen LogP) is 5.72. The third-order valence-electron chi connectivity index (χ3n) is 15.2. The highest BCUT2D eigenvalue weighted by atomic mass is 16.6. The molecule has 0 bridgehead atoms. The third kappa shape index (κ3) is 4.65. The van der Waals surface area contributed by atoms with Crippen LogP contribution in [0.15, 0.2) is 11.6 Å². The summed E-state index contributed by atoms with van der Waals surface area (Å²) in [7, 11) is 0. The first-order valence-electron chi connectivity index (χ1n) is 18.1. The lowest BCUT2D eigenvalue weighted by Gasteiger charge is -2.69. The number of rotatable bonds is 6. The van der Waals surface area contributed by atoms with Gasteiger partial charge in [0.25, 0.3) is 5.95 Å². The topological polar surface area (TPSA) is 151 Å². The van der Waals surface area contributed by atoms with Crippen LogP contribution in [-0.2, 0) is 14.3 Å². The van der Waals surface area contributed by atoms with E-state index < -0.39 is 11.0 Å². The molecule has 11 atom stereocenters. The summed E-state index contributed by atoms with van der Waals surface area (Å²) in [5, 5.41) is 24.7. The van der Waals surface area contributed by atoms with Crippen molar-refractivity contribution in [2.45, 2.75) is 138 Å². The zero-order valence-electron chi connectivity index (χ0n) is 30.9. The SMILES string of the molecule is CC(C)[C@H]1OC(=O)[C@@H]2[C@]1(C)CC[C@]1(C)[C@H]3CC[C@H]4C(C)(C)[C@@H](OC[C@](C)(N)C(C)(C)C)[C@H](n5nnc(N)n5)C[C@]4(CO)C3=CC[C@@]21C. The molecule has 0 aromatic carbocycles. The molecule has 2 heterocycles. The van der Waals surface area contributed by atoms with Crippen LogP contribution >= 0.6 is 0 Å². The van der Waals surface area contributed by atoms with Crippen LogP contribution in [0.3, 0.4) is 0 Å². The number of tetrazole rings is 1. The quantitative estimate of drug-likeness (QED) is 0.258. The van der Waals surface area contributed by atoms with Crippen molar-refractivity contribution < 1.29 is 19.4 Å². The highest BCUT2D eigenvalue weighted by Gasteiger charge is 2.73. The number of ether oxygens (including phenoxy) is 2. The van der Waals surface area contributed by atoms with Gasteiger partial charge in [0.1, 0.15) is 12.1 Å². The van der Waals surface area contributed by atoms with Crippen LogP contribution in [0.5, 0.6) is 0 Å². The number of aliphatic hydroxyl groups is 1. The molecule has 6 rings (SSSR count). The molecule has 47 heavy (non-hydrogen) atoms. The second-order valence-corrected chi connectivity index (χ2v) is 19.2. The molecule has 5 aliphatic rings. The highest BCUT2D eigenvalue weighted by Crippen LogP contribution is 2.75. The van der Waals surface area contributed by atoms with Gasteiger partial charge in [-0.05, 0) is 90.1 Å². The fourth-order valence-electron chi connectivity index (χ4n) is 11.8. The Kier molecular flexibility index (Phi) is 7.95. The number of fused-ring (bicyclic) bond motifs is 7. The van der Waals surface area contributed by atoms with Crippen LogP contribution in [-0.4, -0.2) is 62.2 Å². The van der Waals surface area contributed by atoms with E-state index in [1.165, 1.54) is 5.57 Å². The first kappa shape index (κ1) is 34.8. The molecule has 5 N–H and O–H groups in total. The molecule has 0 radical (unpaired) electrons. The predicted molar refractivity (Wildman–Crippen MR) is 182 cm³/mol. The number of hydrogen-bond acceptors (Lipinski definition) is 9. The summed E-state index contributed by atoms with van der Waals surface area (Å²) in [5.41, 5.74) is 12.1. The maximum atomic E-state index is 13.8. The number of nitrogen functional groups attached to an aromatic ring is 1. The van der Waals surface area contributed by atoms with Crippen LogP contribution in [0.25, 0.3) is 0 Å². The molecule has 0 unspecified atom stereocenters. The van der Waals surface area contributed by atoms with Crippen LogP contribution in [0, 0.1) is 56.2 Å². The number of carbonyl (C=O) groups excluding carboxylic acids is 1. The first-order valence-corrected chi connectivity index (χ1v) is 18.1. The summed E-state index contributed by atoms with van der Waals surface area (Å²) >= 11 is 0. The second-order valence-electron chi connectivity index (χ2n) is 19.2. The van der Waals surface area contributed by atoms with E-state index in [0.29, 0.717) is 13.0 Å². The van der Waals surface area contributed by atoms with E-state index in [4.69, 9.17) is 20.9 Å². The zero-order valence-corrected chi connectivity index (χ0v) is 30.9. The minimum atomic E-state index is -0.567. The number of cyclic esters (lactones) is 1. The van der Waals surface area contributed by atoms with Crippen molar-refractivity contribution in [2.75, 3.05) is 18.9 Å².